The number of halogens is 2. The molecular formula is C29H48F2O2. The zero-order chi connectivity index (χ0) is 23.6. The van der Waals surface area contributed by atoms with Crippen LogP contribution in [0.2, 0.25) is 0 Å². The van der Waals surface area contributed by atoms with Gasteiger partial charge >= 0.3 is 0 Å². The number of hydrogen-bond acceptors (Lipinski definition) is 2. The molecule has 0 amide bonds. The van der Waals surface area contributed by atoms with Gasteiger partial charge in [0.05, 0.1) is 12.7 Å². The third-order valence-electron chi connectivity index (χ3n) is 9.03. The molecule has 0 bridgehead atoms. The summed E-state index contributed by atoms with van der Waals surface area (Å²) in [6.07, 6.45) is 20.5. The number of rotatable bonds is 11. The van der Waals surface area contributed by atoms with Gasteiger partial charge in [0.1, 0.15) is 6.67 Å². The predicted molar refractivity (Wildman–Crippen MR) is 132 cm³/mol. The molecule has 2 nitrogen and oxygen atoms in total. The summed E-state index contributed by atoms with van der Waals surface area (Å²) in [5, 5.41) is 9.67. The van der Waals surface area contributed by atoms with Crippen LogP contribution < -0.4 is 0 Å². The van der Waals surface area contributed by atoms with Crippen molar-refractivity contribution in [1.82, 2.24) is 0 Å². The summed E-state index contributed by atoms with van der Waals surface area (Å²) in [7, 11) is 0. The van der Waals surface area contributed by atoms with E-state index in [0.717, 1.165) is 42.4 Å². The molecule has 0 saturated heterocycles. The largest absolute Gasteiger partial charge is 0.490 e. The Morgan fingerprint density at radius 2 is 1.52 bits per heavy atom. The minimum atomic E-state index is -1.17. The van der Waals surface area contributed by atoms with Gasteiger partial charge in [0.25, 0.3) is 0 Å². The summed E-state index contributed by atoms with van der Waals surface area (Å²) in [4.78, 5) is 0. The highest BCUT2D eigenvalue weighted by atomic mass is 19.2. The number of fused-ring (bicyclic) bond motifs is 1. The Morgan fingerprint density at radius 1 is 0.909 bits per heavy atom. The fourth-order valence-corrected chi connectivity index (χ4v) is 6.86. The fraction of sp³-hybridized carbons (Fsp3) is 0.862. The monoisotopic (exact) mass is 466 g/mol. The summed E-state index contributed by atoms with van der Waals surface area (Å²) in [5.74, 6) is 4.19. The Bertz CT molecular complexity index is 623. The average molecular weight is 467 g/mol. The van der Waals surface area contributed by atoms with E-state index < -0.39 is 18.6 Å². The van der Waals surface area contributed by atoms with Gasteiger partial charge in [-0.1, -0.05) is 45.6 Å². The lowest BCUT2D eigenvalue weighted by molar-refractivity contribution is 0.0503. The zero-order valence-electron chi connectivity index (χ0n) is 21.1. The molecule has 1 N–H and O–H groups in total. The second-order valence-electron chi connectivity index (χ2n) is 11.2. The molecule has 3 aliphatic carbocycles. The van der Waals surface area contributed by atoms with E-state index in [0.29, 0.717) is 18.9 Å². The maximum atomic E-state index is 13.9. The Labute approximate surface area is 201 Å². The average Bonchev–Trinajstić information content (AvgIpc) is 2.86. The molecule has 0 heterocycles. The summed E-state index contributed by atoms with van der Waals surface area (Å²) in [6.45, 7) is 3.42. The first-order chi connectivity index (χ1) is 16.0. The Hall–Kier alpha value is -0.900. The Morgan fingerprint density at radius 3 is 2.18 bits per heavy atom. The Kier molecular flexibility index (Phi) is 11.2. The molecule has 5 atom stereocenters. The molecule has 5 unspecified atom stereocenters. The number of unbranched alkanes of at least 4 members (excludes halogenated alkanes) is 1. The smallest absolute Gasteiger partial charge is 0.173 e. The second kappa shape index (κ2) is 13.9. The number of aliphatic hydroxyl groups excluding tert-OH is 1. The van der Waals surface area contributed by atoms with Crippen molar-refractivity contribution in [3.05, 3.63) is 23.7 Å². The molecule has 0 aromatic carbocycles. The molecule has 4 heteroatoms. The number of ether oxygens (including phenoxy) is 1. The zero-order valence-corrected chi connectivity index (χ0v) is 21.1. The third-order valence-corrected chi connectivity index (χ3v) is 9.03. The standard InChI is InChI=1S/C29H48F2O2/c1-3-5-6-21-7-12-26-18-25(14-13-24(26)17-21)23-10-8-22(9-11-23)20-33-29(28(31)19-30)16-15-27(32)4-2/h15-16,21-27,32H,3-14,17-20H2,1-2H3/b16-15-,29-28-. The molecule has 0 aromatic rings. The fourth-order valence-electron chi connectivity index (χ4n) is 6.86. The van der Waals surface area contributed by atoms with Crippen LogP contribution in [0.5, 0.6) is 0 Å². The molecule has 3 aliphatic rings. The molecule has 190 valence electrons. The SMILES string of the molecule is CCCCC1CCC2CC(C3CCC(COC(/C=C\C(O)CC)=C(\F)CF)CC3)CCC2C1. The number of allylic oxidation sites excluding steroid dienone is 2. The van der Waals surface area contributed by atoms with Gasteiger partial charge in [0.2, 0.25) is 0 Å². The van der Waals surface area contributed by atoms with Gasteiger partial charge in [-0.3, -0.25) is 0 Å². The molecule has 3 rings (SSSR count). The van der Waals surface area contributed by atoms with E-state index in [2.05, 4.69) is 6.92 Å². The van der Waals surface area contributed by atoms with Crippen LogP contribution in [0.25, 0.3) is 0 Å². The van der Waals surface area contributed by atoms with Crippen LogP contribution in [0, 0.1) is 35.5 Å². The minimum absolute atomic E-state index is 0.0556. The van der Waals surface area contributed by atoms with E-state index in [1.807, 2.05) is 6.92 Å². The van der Waals surface area contributed by atoms with Gasteiger partial charge in [-0.25, -0.2) is 8.78 Å². The molecule has 0 aromatic heterocycles. The van der Waals surface area contributed by atoms with Gasteiger partial charge < -0.3 is 9.84 Å². The van der Waals surface area contributed by atoms with Crippen molar-refractivity contribution in [2.45, 2.75) is 110 Å². The van der Waals surface area contributed by atoms with E-state index in [9.17, 15) is 13.9 Å². The molecule has 3 fully saturated rings. The van der Waals surface area contributed by atoms with Crippen molar-refractivity contribution in [1.29, 1.82) is 0 Å². The van der Waals surface area contributed by atoms with Crippen molar-refractivity contribution in [2.24, 2.45) is 35.5 Å². The van der Waals surface area contributed by atoms with E-state index >= 15 is 0 Å². The topological polar surface area (TPSA) is 29.5 Å². The van der Waals surface area contributed by atoms with Crippen LogP contribution in [0.1, 0.15) is 104 Å². The molecule has 0 spiro atoms. The highest BCUT2D eigenvalue weighted by molar-refractivity contribution is 5.17. The first kappa shape index (κ1) is 26.7. The van der Waals surface area contributed by atoms with Crippen LogP contribution in [0.15, 0.2) is 23.7 Å². The summed E-state index contributed by atoms with van der Waals surface area (Å²) < 4.78 is 32.4. The van der Waals surface area contributed by atoms with Gasteiger partial charge in [0.15, 0.2) is 11.6 Å². The van der Waals surface area contributed by atoms with Crippen LogP contribution in [0.3, 0.4) is 0 Å². The Balaban J connectivity index is 1.41. The maximum Gasteiger partial charge on any atom is 0.173 e. The lowest BCUT2D eigenvalue weighted by Crippen LogP contribution is -2.34. The third kappa shape index (κ3) is 8.08. The minimum Gasteiger partial charge on any atom is -0.490 e. The second-order valence-corrected chi connectivity index (χ2v) is 11.2. The summed E-state index contributed by atoms with van der Waals surface area (Å²) in [5.41, 5.74) is 0. The number of alkyl halides is 1. The van der Waals surface area contributed by atoms with Crippen LogP contribution in [-0.4, -0.2) is 24.5 Å². The van der Waals surface area contributed by atoms with Crippen molar-refractivity contribution in [3.63, 3.8) is 0 Å². The van der Waals surface area contributed by atoms with Crippen LogP contribution >= 0.6 is 0 Å². The van der Waals surface area contributed by atoms with Crippen molar-refractivity contribution in [3.8, 4) is 0 Å². The van der Waals surface area contributed by atoms with E-state index in [-0.39, 0.29) is 5.76 Å². The van der Waals surface area contributed by atoms with E-state index in [1.165, 1.54) is 82.8 Å². The highest BCUT2D eigenvalue weighted by Gasteiger charge is 2.38. The van der Waals surface area contributed by atoms with Gasteiger partial charge in [-0.2, -0.15) is 0 Å². The van der Waals surface area contributed by atoms with Gasteiger partial charge in [0, 0.05) is 0 Å². The number of hydrogen-bond donors (Lipinski definition) is 1. The quantitative estimate of drug-likeness (QED) is 0.245. The molecule has 0 aliphatic heterocycles. The van der Waals surface area contributed by atoms with Crippen LogP contribution in [0.4, 0.5) is 8.78 Å². The lowest BCUT2D eigenvalue weighted by atomic mass is 9.60. The normalized spacial score (nSPS) is 34.6. The van der Waals surface area contributed by atoms with Crippen molar-refractivity contribution in [2.75, 3.05) is 13.3 Å². The number of aliphatic hydroxyl groups is 1. The highest BCUT2D eigenvalue weighted by Crippen LogP contribution is 2.49. The van der Waals surface area contributed by atoms with E-state index in [4.69, 9.17) is 4.74 Å². The molecule has 33 heavy (non-hydrogen) atoms. The molecular weight excluding hydrogens is 418 g/mol. The predicted octanol–water partition coefficient (Wildman–Crippen LogP) is 8.31. The molecule has 3 saturated carbocycles. The first-order valence-electron chi connectivity index (χ1n) is 14.0. The van der Waals surface area contributed by atoms with Gasteiger partial charge in [-0.05, 0) is 106 Å². The van der Waals surface area contributed by atoms with Crippen molar-refractivity contribution < 1.29 is 18.6 Å². The maximum absolute atomic E-state index is 13.9. The first-order valence-corrected chi connectivity index (χ1v) is 14.0. The van der Waals surface area contributed by atoms with Crippen LogP contribution in [-0.2, 0) is 4.74 Å². The lowest BCUT2D eigenvalue weighted by Gasteiger charge is -2.45. The van der Waals surface area contributed by atoms with Crippen molar-refractivity contribution >= 4 is 0 Å². The molecule has 0 radical (unpaired) electrons. The summed E-state index contributed by atoms with van der Waals surface area (Å²) in [6, 6.07) is 0. The summed E-state index contributed by atoms with van der Waals surface area (Å²) >= 11 is 0. The van der Waals surface area contributed by atoms with Gasteiger partial charge in [-0.15, -0.1) is 0 Å². The van der Waals surface area contributed by atoms with E-state index in [1.54, 1.807) is 0 Å².